The lowest BCUT2D eigenvalue weighted by atomic mass is 10.1. The molecule has 0 bridgehead atoms. The first-order valence-corrected chi connectivity index (χ1v) is 7.38. The smallest absolute Gasteiger partial charge is 0.299 e. The largest absolute Gasteiger partial charge is 0.370 e. The summed E-state index contributed by atoms with van der Waals surface area (Å²) in [5.41, 5.74) is 5.49. The zero-order valence-corrected chi connectivity index (χ0v) is 13.2. The Morgan fingerprint density at radius 1 is 1.04 bits per heavy atom. The number of hydrogen-bond donors (Lipinski definition) is 1. The summed E-state index contributed by atoms with van der Waals surface area (Å²) in [6, 6.07) is 12.6. The maximum Gasteiger partial charge on any atom is 0.299 e. The van der Waals surface area contributed by atoms with Crippen molar-refractivity contribution in [2.45, 2.75) is 13.0 Å². The standard InChI is InChI=1S/C16H16N4O5/c17-16(21)8-9-18(11-12-4-2-1-3-5-12)14-7-6-13(19(22)23)10-15(14)20(24)25/h1-7,10H,8-9,11H2,(H2,17,21). The van der Waals surface area contributed by atoms with E-state index in [1.165, 1.54) is 12.1 Å². The van der Waals surface area contributed by atoms with Crippen LogP contribution in [-0.2, 0) is 11.3 Å². The van der Waals surface area contributed by atoms with Gasteiger partial charge in [-0.15, -0.1) is 0 Å². The monoisotopic (exact) mass is 344 g/mol. The van der Waals surface area contributed by atoms with Crippen molar-refractivity contribution in [2.24, 2.45) is 5.73 Å². The van der Waals surface area contributed by atoms with Crippen LogP contribution < -0.4 is 10.6 Å². The molecule has 0 saturated heterocycles. The van der Waals surface area contributed by atoms with Crippen molar-refractivity contribution in [2.75, 3.05) is 11.4 Å². The Bertz CT molecular complexity index is 794. The van der Waals surface area contributed by atoms with E-state index >= 15 is 0 Å². The number of non-ortho nitro benzene ring substituents is 1. The van der Waals surface area contributed by atoms with E-state index in [-0.39, 0.29) is 24.3 Å². The van der Waals surface area contributed by atoms with Gasteiger partial charge in [-0.05, 0) is 11.6 Å². The van der Waals surface area contributed by atoms with E-state index in [4.69, 9.17) is 5.73 Å². The molecule has 2 N–H and O–H groups in total. The Hall–Kier alpha value is -3.49. The van der Waals surface area contributed by atoms with Crippen molar-refractivity contribution in [1.82, 2.24) is 0 Å². The van der Waals surface area contributed by atoms with Gasteiger partial charge in [0, 0.05) is 25.6 Å². The number of hydrogen-bond acceptors (Lipinski definition) is 6. The van der Waals surface area contributed by atoms with Crippen LogP contribution in [0.3, 0.4) is 0 Å². The van der Waals surface area contributed by atoms with Crippen LogP contribution in [0.15, 0.2) is 48.5 Å². The summed E-state index contributed by atoms with van der Waals surface area (Å²) in [7, 11) is 0. The molecule has 0 aromatic heterocycles. The van der Waals surface area contributed by atoms with Crippen LogP contribution in [0, 0.1) is 20.2 Å². The highest BCUT2D eigenvalue weighted by Gasteiger charge is 2.24. The van der Waals surface area contributed by atoms with Crippen LogP contribution >= 0.6 is 0 Å². The first-order valence-electron chi connectivity index (χ1n) is 7.38. The van der Waals surface area contributed by atoms with Crippen molar-refractivity contribution in [3.8, 4) is 0 Å². The third kappa shape index (κ3) is 4.74. The van der Waals surface area contributed by atoms with Crippen LogP contribution in [0.1, 0.15) is 12.0 Å². The van der Waals surface area contributed by atoms with E-state index in [0.29, 0.717) is 6.54 Å². The molecule has 1 amide bonds. The van der Waals surface area contributed by atoms with Gasteiger partial charge in [0.2, 0.25) is 5.91 Å². The molecule has 9 heteroatoms. The lowest BCUT2D eigenvalue weighted by Gasteiger charge is -2.24. The Labute approximate surface area is 143 Å². The number of nitro groups is 2. The number of carbonyl (C=O) groups is 1. The van der Waals surface area contributed by atoms with E-state index in [0.717, 1.165) is 11.6 Å². The summed E-state index contributed by atoms with van der Waals surface area (Å²) < 4.78 is 0. The SMILES string of the molecule is NC(=O)CCN(Cc1ccccc1)c1ccc([N+](=O)[O-])cc1[N+](=O)[O-]. The van der Waals surface area contributed by atoms with Gasteiger partial charge in [-0.3, -0.25) is 25.0 Å². The Balaban J connectivity index is 2.42. The first-order chi connectivity index (χ1) is 11.9. The third-order valence-corrected chi connectivity index (χ3v) is 3.55. The van der Waals surface area contributed by atoms with Gasteiger partial charge in [0.25, 0.3) is 11.4 Å². The molecule has 130 valence electrons. The summed E-state index contributed by atoms with van der Waals surface area (Å²) >= 11 is 0. The molecule has 0 heterocycles. The van der Waals surface area contributed by atoms with Gasteiger partial charge < -0.3 is 10.6 Å². The lowest BCUT2D eigenvalue weighted by Crippen LogP contribution is -2.28. The zero-order chi connectivity index (χ0) is 18.4. The number of amides is 1. The van der Waals surface area contributed by atoms with E-state index in [1.807, 2.05) is 30.3 Å². The van der Waals surface area contributed by atoms with E-state index in [1.54, 1.807) is 4.90 Å². The Morgan fingerprint density at radius 3 is 2.28 bits per heavy atom. The van der Waals surface area contributed by atoms with Crippen molar-refractivity contribution >= 4 is 23.0 Å². The van der Waals surface area contributed by atoms with Gasteiger partial charge in [0.15, 0.2) is 0 Å². The highest BCUT2D eigenvalue weighted by molar-refractivity contribution is 5.75. The Morgan fingerprint density at radius 2 is 1.72 bits per heavy atom. The second-order valence-corrected chi connectivity index (χ2v) is 5.31. The minimum atomic E-state index is -0.693. The zero-order valence-electron chi connectivity index (χ0n) is 13.2. The summed E-state index contributed by atoms with van der Waals surface area (Å²) in [5.74, 6) is -0.539. The predicted octanol–water partition coefficient (Wildman–Crippen LogP) is 2.38. The van der Waals surface area contributed by atoms with Crippen molar-refractivity contribution in [3.63, 3.8) is 0 Å². The molecule has 9 nitrogen and oxygen atoms in total. The molecule has 2 aromatic rings. The van der Waals surface area contributed by atoms with Gasteiger partial charge in [-0.1, -0.05) is 30.3 Å². The average molecular weight is 344 g/mol. The summed E-state index contributed by atoms with van der Waals surface area (Å²) in [6.07, 6.45) is 0.000968. The molecule has 0 aliphatic heterocycles. The number of carbonyl (C=O) groups excluding carboxylic acids is 1. The minimum absolute atomic E-state index is 0.000968. The van der Waals surface area contributed by atoms with Crippen LogP contribution in [0.5, 0.6) is 0 Å². The number of nitrogens with two attached hydrogens (primary N) is 1. The topological polar surface area (TPSA) is 133 Å². The summed E-state index contributed by atoms with van der Waals surface area (Å²) in [6.45, 7) is 0.454. The fraction of sp³-hybridized carbons (Fsp3) is 0.188. The molecule has 2 rings (SSSR count). The lowest BCUT2D eigenvalue weighted by molar-refractivity contribution is -0.393. The second kappa shape index (κ2) is 7.86. The molecule has 0 aliphatic rings. The van der Waals surface area contributed by atoms with E-state index in [9.17, 15) is 25.0 Å². The van der Waals surface area contributed by atoms with Gasteiger partial charge in [0.05, 0.1) is 15.9 Å². The van der Waals surface area contributed by atoms with Gasteiger partial charge in [-0.2, -0.15) is 0 Å². The molecule has 0 unspecified atom stereocenters. The number of nitrogens with zero attached hydrogens (tertiary/aromatic N) is 3. The first kappa shape index (κ1) is 17.9. The quantitative estimate of drug-likeness (QED) is 0.577. The molecule has 0 fully saturated rings. The number of rotatable bonds is 8. The van der Waals surface area contributed by atoms with Crippen LogP contribution in [0.4, 0.5) is 17.1 Å². The minimum Gasteiger partial charge on any atom is -0.370 e. The molecule has 0 atom stereocenters. The van der Waals surface area contributed by atoms with Gasteiger partial charge in [-0.25, -0.2) is 0 Å². The van der Waals surface area contributed by atoms with Crippen LogP contribution in [0.25, 0.3) is 0 Å². The third-order valence-electron chi connectivity index (χ3n) is 3.55. The maximum atomic E-state index is 11.4. The van der Waals surface area contributed by atoms with Crippen LogP contribution in [0.2, 0.25) is 0 Å². The van der Waals surface area contributed by atoms with Crippen molar-refractivity contribution < 1.29 is 14.6 Å². The normalized spacial score (nSPS) is 10.2. The highest BCUT2D eigenvalue weighted by Crippen LogP contribution is 2.33. The summed E-state index contributed by atoms with van der Waals surface area (Å²) in [5, 5.41) is 22.2. The fourth-order valence-corrected chi connectivity index (χ4v) is 2.37. The molecule has 0 aliphatic carbocycles. The maximum absolute atomic E-state index is 11.4. The number of anilines is 1. The fourth-order valence-electron chi connectivity index (χ4n) is 2.37. The number of primary amides is 1. The second-order valence-electron chi connectivity index (χ2n) is 5.31. The molecule has 25 heavy (non-hydrogen) atoms. The predicted molar refractivity (Wildman–Crippen MR) is 91.1 cm³/mol. The average Bonchev–Trinajstić information content (AvgIpc) is 2.58. The molecular weight excluding hydrogens is 328 g/mol. The molecule has 0 spiro atoms. The van der Waals surface area contributed by atoms with Gasteiger partial charge in [0.1, 0.15) is 5.69 Å². The van der Waals surface area contributed by atoms with E-state index < -0.39 is 21.4 Å². The molecule has 0 saturated carbocycles. The number of benzene rings is 2. The van der Waals surface area contributed by atoms with Gasteiger partial charge >= 0.3 is 0 Å². The highest BCUT2D eigenvalue weighted by atomic mass is 16.6. The Kier molecular flexibility index (Phi) is 5.62. The molecule has 0 radical (unpaired) electrons. The molecule has 2 aromatic carbocycles. The van der Waals surface area contributed by atoms with Crippen LogP contribution in [-0.4, -0.2) is 22.3 Å². The van der Waals surface area contributed by atoms with Crippen molar-refractivity contribution in [1.29, 1.82) is 0 Å². The van der Waals surface area contributed by atoms with E-state index in [2.05, 4.69) is 0 Å². The summed E-state index contributed by atoms with van der Waals surface area (Å²) in [4.78, 5) is 33.6. The molecular formula is C16H16N4O5. The van der Waals surface area contributed by atoms with Crippen molar-refractivity contribution in [3.05, 3.63) is 74.3 Å². The number of nitro benzene ring substituents is 2.